The van der Waals surface area contributed by atoms with Crippen LogP contribution >= 0.6 is 22.6 Å². The van der Waals surface area contributed by atoms with Gasteiger partial charge >= 0.3 is 0 Å². The second-order valence-corrected chi connectivity index (χ2v) is 5.02. The molecule has 2 heteroatoms. The summed E-state index contributed by atoms with van der Waals surface area (Å²) in [6.07, 6.45) is 6.32. The second kappa shape index (κ2) is 5.12. The van der Waals surface area contributed by atoms with Crippen LogP contribution in [0.1, 0.15) is 24.8 Å². The van der Waals surface area contributed by atoms with Gasteiger partial charge in [0.2, 0.25) is 0 Å². The van der Waals surface area contributed by atoms with Gasteiger partial charge in [-0.25, -0.2) is 0 Å². The van der Waals surface area contributed by atoms with Crippen molar-refractivity contribution in [2.45, 2.75) is 25.3 Å². The summed E-state index contributed by atoms with van der Waals surface area (Å²) in [7, 11) is 0. The fourth-order valence-electron chi connectivity index (χ4n) is 1.86. The molecule has 14 heavy (non-hydrogen) atoms. The normalized spacial score (nSPS) is 22.2. The zero-order chi connectivity index (χ0) is 9.80. The van der Waals surface area contributed by atoms with Gasteiger partial charge in [-0.3, -0.25) is 0 Å². The van der Waals surface area contributed by atoms with E-state index in [-0.39, 0.29) is 0 Å². The van der Waals surface area contributed by atoms with Crippen LogP contribution in [0.25, 0.3) is 0 Å². The number of hydrogen-bond acceptors (Lipinski definition) is 1. The molecular formula is C12H15IN. The van der Waals surface area contributed by atoms with E-state index in [1.165, 1.54) is 34.9 Å². The summed E-state index contributed by atoms with van der Waals surface area (Å²) < 4.78 is 1.31. The molecule has 0 unspecified atom stereocenters. The summed E-state index contributed by atoms with van der Waals surface area (Å²) in [5, 5.41) is 3.53. The maximum absolute atomic E-state index is 3.53. The number of nitrogens with one attached hydrogen (secondary N) is 1. The van der Waals surface area contributed by atoms with Crippen molar-refractivity contribution in [2.24, 2.45) is 0 Å². The van der Waals surface area contributed by atoms with Crippen LogP contribution in [0, 0.1) is 9.99 Å². The summed E-state index contributed by atoms with van der Waals surface area (Å²) >= 11 is 2.36. The molecular weight excluding hydrogens is 285 g/mol. The summed E-state index contributed by atoms with van der Waals surface area (Å²) in [6, 6.07) is 9.25. The van der Waals surface area contributed by atoms with Gasteiger partial charge in [-0.2, -0.15) is 0 Å². The van der Waals surface area contributed by atoms with E-state index in [0.717, 1.165) is 0 Å². The minimum absolute atomic E-state index is 0.585. The Morgan fingerprint density at radius 1 is 1.36 bits per heavy atom. The quantitative estimate of drug-likeness (QED) is 0.828. The van der Waals surface area contributed by atoms with Crippen LogP contribution in [-0.2, 0) is 0 Å². The molecule has 1 aliphatic heterocycles. The van der Waals surface area contributed by atoms with Crippen molar-refractivity contribution in [3.63, 3.8) is 0 Å². The Morgan fingerprint density at radius 2 is 2.29 bits per heavy atom. The number of rotatable bonds is 2. The Bertz CT molecular complexity index is 292. The molecule has 1 nitrogen and oxygen atoms in total. The van der Waals surface area contributed by atoms with Gasteiger partial charge in [0, 0.05) is 16.0 Å². The van der Waals surface area contributed by atoms with E-state index in [9.17, 15) is 0 Å². The predicted octanol–water partition coefficient (Wildman–Crippen LogP) is 2.99. The van der Waals surface area contributed by atoms with E-state index in [1.54, 1.807) is 0 Å². The van der Waals surface area contributed by atoms with Crippen LogP contribution in [0.4, 0.5) is 0 Å². The molecule has 75 valence electrons. The minimum Gasteiger partial charge on any atom is -0.313 e. The number of halogens is 1. The first-order chi connectivity index (χ1) is 6.84. The second-order valence-electron chi connectivity index (χ2n) is 3.78. The van der Waals surface area contributed by atoms with Crippen molar-refractivity contribution in [3.8, 4) is 0 Å². The lowest BCUT2D eigenvalue weighted by atomic mass is 9.98. The van der Waals surface area contributed by atoms with Crippen LogP contribution in [-0.4, -0.2) is 12.6 Å². The zero-order valence-electron chi connectivity index (χ0n) is 8.17. The maximum atomic E-state index is 3.53. The molecule has 1 N–H and O–H groups in total. The number of hydrogen-bond donors (Lipinski definition) is 1. The molecule has 0 spiro atoms. The maximum Gasteiger partial charge on any atom is 0.0142 e. The summed E-state index contributed by atoms with van der Waals surface area (Å²) in [5.74, 6) is 0. The molecule has 1 atom stereocenters. The Labute approximate surface area is 99.4 Å². The molecule has 1 fully saturated rings. The smallest absolute Gasteiger partial charge is 0.0142 e. The SMILES string of the molecule is Ic1cccc([CH][C@H]2CCCCN2)c1. The van der Waals surface area contributed by atoms with Gasteiger partial charge in [0.05, 0.1) is 0 Å². The molecule has 0 bridgehead atoms. The first-order valence-electron chi connectivity index (χ1n) is 5.18. The summed E-state index contributed by atoms with van der Waals surface area (Å²) in [4.78, 5) is 0. The van der Waals surface area contributed by atoms with E-state index in [4.69, 9.17) is 0 Å². The van der Waals surface area contributed by atoms with Crippen LogP contribution in [0.3, 0.4) is 0 Å². The van der Waals surface area contributed by atoms with Crippen LogP contribution < -0.4 is 5.32 Å². The van der Waals surface area contributed by atoms with E-state index in [0.29, 0.717) is 6.04 Å². The van der Waals surface area contributed by atoms with Crippen molar-refractivity contribution in [1.29, 1.82) is 0 Å². The third-order valence-electron chi connectivity index (χ3n) is 2.59. The van der Waals surface area contributed by atoms with Gasteiger partial charge in [0.1, 0.15) is 0 Å². The van der Waals surface area contributed by atoms with Gasteiger partial charge in [-0.15, -0.1) is 0 Å². The Morgan fingerprint density at radius 3 is 3.00 bits per heavy atom. The lowest BCUT2D eigenvalue weighted by Gasteiger charge is -2.23. The van der Waals surface area contributed by atoms with Gasteiger partial charge in [0.25, 0.3) is 0 Å². The van der Waals surface area contributed by atoms with Crippen molar-refractivity contribution in [3.05, 3.63) is 39.8 Å². The van der Waals surface area contributed by atoms with E-state index in [2.05, 4.69) is 58.6 Å². The Balaban J connectivity index is 1.95. The molecule has 1 heterocycles. The highest BCUT2D eigenvalue weighted by Crippen LogP contribution is 2.16. The van der Waals surface area contributed by atoms with Gasteiger partial charge < -0.3 is 5.32 Å². The minimum atomic E-state index is 0.585. The van der Waals surface area contributed by atoms with Crippen molar-refractivity contribution >= 4 is 22.6 Å². The average Bonchev–Trinajstić information content (AvgIpc) is 2.19. The molecule has 1 aromatic carbocycles. The molecule has 0 aliphatic carbocycles. The molecule has 1 aromatic rings. The highest BCUT2D eigenvalue weighted by Gasteiger charge is 2.12. The zero-order valence-corrected chi connectivity index (χ0v) is 10.3. The fourth-order valence-corrected chi connectivity index (χ4v) is 2.43. The van der Waals surface area contributed by atoms with Crippen LogP contribution in [0.5, 0.6) is 0 Å². The third-order valence-corrected chi connectivity index (χ3v) is 3.26. The van der Waals surface area contributed by atoms with Crippen LogP contribution in [0.15, 0.2) is 24.3 Å². The Hall–Kier alpha value is -0.0900. The summed E-state index contributed by atoms with van der Waals surface area (Å²) in [6.45, 7) is 1.17. The van der Waals surface area contributed by atoms with Crippen molar-refractivity contribution in [2.75, 3.05) is 6.54 Å². The van der Waals surface area contributed by atoms with Gasteiger partial charge in [-0.05, 0) is 59.7 Å². The molecule has 0 aromatic heterocycles. The first-order valence-corrected chi connectivity index (χ1v) is 6.26. The summed E-state index contributed by atoms with van der Waals surface area (Å²) in [5.41, 5.74) is 1.34. The van der Waals surface area contributed by atoms with Gasteiger partial charge in [-0.1, -0.05) is 18.6 Å². The fraction of sp³-hybridized carbons (Fsp3) is 0.417. The molecule has 1 saturated heterocycles. The van der Waals surface area contributed by atoms with Crippen molar-refractivity contribution in [1.82, 2.24) is 5.32 Å². The van der Waals surface area contributed by atoms with E-state index >= 15 is 0 Å². The lowest BCUT2D eigenvalue weighted by molar-refractivity contribution is 0.440. The predicted molar refractivity (Wildman–Crippen MR) is 68.2 cm³/mol. The number of benzene rings is 1. The topological polar surface area (TPSA) is 12.0 Å². The monoisotopic (exact) mass is 300 g/mol. The van der Waals surface area contributed by atoms with E-state index < -0.39 is 0 Å². The number of piperidine rings is 1. The lowest BCUT2D eigenvalue weighted by Crippen LogP contribution is -2.34. The molecule has 0 saturated carbocycles. The highest BCUT2D eigenvalue weighted by atomic mass is 127. The molecule has 0 amide bonds. The largest absolute Gasteiger partial charge is 0.313 e. The Kier molecular flexibility index (Phi) is 3.81. The van der Waals surface area contributed by atoms with Gasteiger partial charge in [0.15, 0.2) is 0 Å². The average molecular weight is 300 g/mol. The van der Waals surface area contributed by atoms with Crippen LogP contribution in [0.2, 0.25) is 0 Å². The first kappa shape index (κ1) is 10.4. The standard InChI is InChI=1S/C12H15IN/c13-11-5-3-4-10(8-11)9-12-6-1-2-7-14-12/h3-5,8-9,12,14H,1-2,6-7H2/t12-/m1/s1. The molecule has 1 radical (unpaired) electrons. The van der Waals surface area contributed by atoms with Crippen molar-refractivity contribution < 1.29 is 0 Å². The molecule has 1 aliphatic rings. The third kappa shape index (κ3) is 2.95. The van der Waals surface area contributed by atoms with E-state index in [1.807, 2.05) is 0 Å². The highest BCUT2D eigenvalue weighted by molar-refractivity contribution is 14.1. The molecule has 2 rings (SSSR count).